The summed E-state index contributed by atoms with van der Waals surface area (Å²) in [5.41, 5.74) is -0.663. The normalized spacial score (nSPS) is 38.8. The van der Waals surface area contributed by atoms with Gasteiger partial charge in [-0.1, -0.05) is 26.8 Å². The van der Waals surface area contributed by atoms with Crippen LogP contribution in [-0.4, -0.2) is 86.0 Å². The molecule has 0 amide bonds. The summed E-state index contributed by atoms with van der Waals surface area (Å²) in [6.45, 7) is 13.5. The Labute approximate surface area is 256 Å². The second kappa shape index (κ2) is 9.65. The largest absolute Gasteiger partial charge is 0.479 e. The van der Waals surface area contributed by atoms with Gasteiger partial charge in [0.2, 0.25) is 0 Å². The van der Waals surface area contributed by atoms with E-state index in [1.54, 1.807) is 7.11 Å². The first kappa shape index (κ1) is 30.0. The van der Waals surface area contributed by atoms with E-state index < -0.39 is 22.8 Å². The number of fused-ring (bicyclic) bond motifs is 2. The average Bonchev–Trinajstić information content (AvgIpc) is 3.72. The number of benzene rings is 1. The van der Waals surface area contributed by atoms with E-state index in [1.165, 1.54) is 24.0 Å². The molecular formula is C35H51NO7. The van der Waals surface area contributed by atoms with Crippen LogP contribution in [0, 0.1) is 22.7 Å². The average molecular weight is 598 g/mol. The van der Waals surface area contributed by atoms with E-state index in [2.05, 4.69) is 38.7 Å². The van der Waals surface area contributed by atoms with Crippen LogP contribution in [0.5, 0.6) is 11.5 Å². The SMILES string of the molecule is COCCOCC(=O)Oc1ccc2c3c1O[C@@]1(C)[C@]34CCN(CC3CC3)[C@H](C2)[C@]42CC[C@@]1(OC)[C@@H]([C@](C)(O)C(C)(C)C)C2. The first-order chi connectivity index (χ1) is 20.3. The third-order valence-electron chi connectivity index (χ3n) is 13.4. The van der Waals surface area contributed by atoms with Crippen molar-refractivity contribution in [2.45, 2.75) is 108 Å². The summed E-state index contributed by atoms with van der Waals surface area (Å²) in [7, 11) is 3.42. The standard InChI is InChI=1S/C35H51NO7/c1-30(2,3)31(4,38)25-19-33-12-13-35(25,40-7)32(5)34(33)14-15-36(20-22-8-9-22)26(33)18-23-10-11-24(29(43-32)28(23)34)42-27(37)21-41-17-16-39-6/h10-11,22,25-26,38H,8-9,12-21H2,1-7H3/t25-,26-,31+,32+,33-,34+,35-/m1/s1. The van der Waals surface area contributed by atoms with Crippen molar-refractivity contribution in [2.24, 2.45) is 22.7 Å². The van der Waals surface area contributed by atoms with Gasteiger partial charge >= 0.3 is 5.97 Å². The lowest BCUT2D eigenvalue weighted by Gasteiger charge is -2.78. The number of methoxy groups -OCH3 is 2. The highest BCUT2D eigenvalue weighted by Gasteiger charge is 2.87. The zero-order chi connectivity index (χ0) is 30.6. The van der Waals surface area contributed by atoms with Gasteiger partial charge in [-0.2, -0.15) is 0 Å². The lowest BCUT2D eigenvalue weighted by molar-refractivity contribution is -0.345. The topological polar surface area (TPSA) is 86.7 Å². The molecule has 0 unspecified atom stereocenters. The molecule has 8 rings (SSSR count). The molecule has 2 aliphatic heterocycles. The Hall–Kier alpha value is -1.71. The summed E-state index contributed by atoms with van der Waals surface area (Å²) in [6.07, 6.45) is 7.36. The van der Waals surface area contributed by atoms with E-state index in [9.17, 15) is 9.90 Å². The minimum atomic E-state index is -0.996. The lowest BCUT2D eigenvalue weighted by atomic mass is 9.30. The Morgan fingerprint density at radius 1 is 1.12 bits per heavy atom. The second-order valence-electron chi connectivity index (χ2n) is 15.8. The quantitative estimate of drug-likeness (QED) is 0.237. The van der Waals surface area contributed by atoms with Crippen molar-refractivity contribution < 1.29 is 33.6 Å². The van der Waals surface area contributed by atoms with Gasteiger partial charge in [-0.05, 0) is 88.3 Å². The first-order valence-corrected chi connectivity index (χ1v) is 16.5. The Morgan fingerprint density at radius 2 is 1.88 bits per heavy atom. The van der Waals surface area contributed by atoms with Crippen molar-refractivity contribution in [2.75, 3.05) is 47.1 Å². The summed E-state index contributed by atoms with van der Waals surface area (Å²) in [5.74, 6) is 1.39. The fourth-order valence-electron chi connectivity index (χ4n) is 10.8. The molecule has 0 radical (unpaired) electrons. The third kappa shape index (κ3) is 3.70. The number of nitrogens with zero attached hydrogens (tertiary/aromatic N) is 1. The van der Waals surface area contributed by atoms with Crippen LogP contribution in [0.3, 0.4) is 0 Å². The number of piperidine rings is 1. The second-order valence-corrected chi connectivity index (χ2v) is 15.8. The number of ether oxygens (including phenoxy) is 5. The van der Waals surface area contributed by atoms with Gasteiger partial charge in [0.05, 0.1) is 24.2 Å². The molecule has 238 valence electrons. The Morgan fingerprint density at radius 3 is 2.56 bits per heavy atom. The van der Waals surface area contributed by atoms with Crippen molar-refractivity contribution in [3.63, 3.8) is 0 Å². The van der Waals surface area contributed by atoms with Crippen LogP contribution < -0.4 is 9.47 Å². The predicted molar refractivity (Wildman–Crippen MR) is 161 cm³/mol. The summed E-state index contributed by atoms with van der Waals surface area (Å²) in [4.78, 5) is 15.8. The molecule has 1 aromatic carbocycles. The fourth-order valence-corrected chi connectivity index (χ4v) is 10.8. The maximum Gasteiger partial charge on any atom is 0.337 e. The number of likely N-dealkylation sites (tertiary alicyclic amines) is 1. The molecule has 7 atom stereocenters. The minimum absolute atomic E-state index is 0.0841. The number of hydrogen-bond acceptors (Lipinski definition) is 8. The molecule has 43 heavy (non-hydrogen) atoms. The highest BCUT2D eigenvalue weighted by molar-refractivity contribution is 5.76. The van der Waals surface area contributed by atoms with Crippen molar-refractivity contribution in [1.29, 1.82) is 0 Å². The Balaban J connectivity index is 1.38. The maximum atomic E-state index is 12.9. The van der Waals surface area contributed by atoms with E-state index >= 15 is 0 Å². The predicted octanol–water partition coefficient (Wildman–Crippen LogP) is 4.67. The molecular weight excluding hydrogens is 546 g/mol. The first-order valence-electron chi connectivity index (χ1n) is 16.5. The molecule has 5 aliphatic carbocycles. The van der Waals surface area contributed by atoms with Crippen molar-refractivity contribution >= 4 is 5.97 Å². The van der Waals surface area contributed by atoms with E-state index in [0.29, 0.717) is 30.8 Å². The molecule has 1 N–H and O–H groups in total. The van der Waals surface area contributed by atoms with Crippen molar-refractivity contribution in [3.8, 4) is 11.5 Å². The fraction of sp³-hybridized carbons (Fsp3) is 0.800. The van der Waals surface area contributed by atoms with Gasteiger partial charge in [0.15, 0.2) is 11.5 Å². The highest BCUT2D eigenvalue weighted by atomic mass is 16.6. The molecule has 2 spiro atoms. The van der Waals surface area contributed by atoms with Crippen LogP contribution >= 0.6 is 0 Å². The Kier molecular flexibility index (Phi) is 6.72. The molecule has 7 aliphatic rings. The molecule has 5 fully saturated rings. The number of esters is 1. The van der Waals surface area contributed by atoms with Gasteiger partial charge in [0.1, 0.15) is 17.8 Å². The van der Waals surface area contributed by atoms with Gasteiger partial charge in [-0.3, -0.25) is 4.90 Å². The zero-order valence-electron chi connectivity index (χ0n) is 27.2. The monoisotopic (exact) mass is 597 g/mol. The third-order valence-corrected chi connectivity index (χ3v) is 13.4. The number of aliphatic hydroxyl groups is 1. The van der Waals surface area contributed by atoms with Gasteiger partial charge in [-0.25, -0.2) is 4.79 Å². The van der Waals surface area contributed by atoms with Gasteiger partial charge in [0, 0.05) is 43.7 Å². The molecule has 4 saturated carbocycles. The molecule has 8 nitrogen and oxygen atoms in total. The van der Waals surface area contributed by atoms with Crippen molar-refractivity contribution in [3.05, 3.63) is 23.3 Å². The number of hydrogen-bond donors (Lipinski definition) is 1. The van der Waals surface area contributed by atoms with Crippen LogP contribution in [0.4, 0.5) is 0 Å². The van der Waals surface area contributed by atoms with E-state index in [1.807, 2.05) is 20.1 Å². The van der Waals surface area contributed by atoms with Gasteiger partial charge < -0.3 is 28.8 Å². The number of carbonyl (C=O) groups excluding carboxylic acids is 1. The van der Waals surface area contributed by atoms with E-state index in [4.69, 9.17) is 23.7 Å². The minimum Gasteiger partial charge on any atom is -0.479 e. The molecule has 2 heterocycles. The number of rotatable bonds is 10. The van der Waals surface area contributed by atoms with Crippen LogP contribution in [-0.2, 0) is 30.8 Å². The molecule has 0 aromatic heterocycles. The maximum absolute atomic E-state index is 12.9. The molecule has 4 bridgehead atoms. The summed E-state index contributed by atoms with van der Waals surface area (Å²) < 4.78 is 30.6. The Bertz CT molecular complexity index is 1300. The smallest absolute Gasteiger partial charge is 0.337 e. The van der Waals surface area contributed by atoms with Crippen LogP contribution in [0.2, 0.25) is 0 Å². The zero-order valence-corrected chi connectivity index (χ0v) is 27.2. The van der Waals surface area contributed by atoms with E-state index in [-0.39, 0.29) is 28.8 Å². The van der Waals surface area contributed by atoms with Crippen LogP contribution in [0.15, 0.2) is 12.1 Å². The van der Waals surface area contributed by atoms with Crippen LogP contribution in [0.25, 0.3) is 0 Å². The summed E-state index contributed by atoms with van der Waals surface area (Å²) >= 11 is 0. The summed E-state index contributed by atoms with van der Waals surface area (Å²) in [6, 6.07) is 4.47. The van der Waals surface area contributed by atoms with Crippen molar-refractivity contribution in [1.82, 2.24) is 4.90 Å². The van der Waals surface area contributed by atoms with Gasteiger partial charge in [-0.15, -0.1) is 0 Å². The lowest BCUT2D eigenvalue weighted by Crippen LogP contribution is -2.87. The summed E-state index contributed by atoms with van der Waals surface area (Å²) in [5, 5.41) is 12.5. The number of carbonyl (C=O) groups is 1. The van der Waals surface area contributed by atoms with Gasteiger partial charge in [0.25, 0.3) is 0 Å². The molecule has 1 saturated heterocycles. The highest BCUT2D eigenvalue weighted by Crippen LogP contribution is 2.81. The molecule has 1 aromatic rings. The molecule has 8 heteroatoms. The van der Waals surface area contributed by atoms with E-state index in [0.717, 1.165) is 51.1 Å². The van der Waals surface area contributed by atoms with Crippen LogP contribution in [0.1, 0.15) is 84.3 Å².